The molecule has 0 saturated carbocycles. The molecule has 0 aliphatic rings. The summed E-state index contributed by atoms with van der Waals surface area (Å²) in [4.78, 5) is 11.4. The molecule has 0 radical (unpaired) electrons. The predicted octanol–water partition coefficient (Wildman–Crippen LogP) is 3.69. The van der Waals surface area contributed by atoms with E-state index < -0.39 is 12.1 Å². The molecular formula is C18H20O3. The van der Waals surface area contributed by atoms with E-state index in [9.17, 15) is 9.90 Å². The molecule has 0 fully saturated rings. The Morgan fingerprint density at radius 2 is 1.76 bits per heavy atom. The van der Waals surface area contributed by atoms with Gasteiger partial charge in [-0.1, -0.05) is 30.3 Å². The van der Waals surface area contributed by atoms with Gasteiger partial charge in [-0.25, -0.2) is 4.79 Å². The Kier molecular flexibility index (Phi) is 4.63. The van der Waals surface area contributed by atoms with Crippen molar-refractivity contribution in [1.29, 1.82) is 0 Å². The van der Waals surface area contributed by atoms with Gasteiger partial charge >= 0.3 is 5.97 Å². The van der Waals surface area contributed by atoms with Crippen LogP contribution in [0.1, 0.15) is 22.3 Å². The van der Waals surface area contributed by atoms with Crippen LogP contribution in [0.5, 0.6) is 5.75 Å². The SMILES string of the molecule is Cc1ccc(O[C@@H](Cc2ccccc2C)C(=O)O)cc1C. The van der Waals surface area contributed by atoms with Crippen molar-refractivity contribution < 1.29 is 14.6 Å². The van der Waals surface area contributed by atoms with Crippen molar-refractivity contribution >= 4 is 5.97 Å². The highest BCUT2D eigenvalue weighted by Crippen LogP contribution is 2.20. The Balaban J connectivity index is 2.18. The van der Waals surface area contributed by atoms with E-state index in [4.69, 9.17) is 4.74 Å². The van der Waals surface area contributed by atoms with Gasteiger partial charge in [0.1, 0.15) is 5.75 Å². The number of carboxylic acid groups (broad SMARTS) is 1. The van der Waals surface area contributed by atoms with Gasteiger partial charge in [0.15, 0.2) is 6.10 Å². The molecule has 0 unspecified atom stereocenters. The number of ether oxygens (including phenoxy) is 1. The average molecular weight is 284 g/mol. The monoisotopic (exact) mass is 284 g/mol. The summed E-state index contributed by atoms with van der Waals surface area (Å²) in [6, 6.07) is 13.4. The molecule has 2 aromatic carbocycles. The zero-order valence-electron chi connectivity index (χ0n) is 12.6. The van der Waals surface area contributed by atoms with Crippen LogP contribution in [-0.4, -0.2) is 17.2 Å². The number of rotatable bonds is 5. The van der Waals surface area contributed by atoms with Gasteiger partial charge in [0.05, 0.1) is 0 Å². The smallest absolute Gasteiger partial charge is 0.345 e. The number of benzene rings is 2. The Hall–Kier alpha value is -2.29. The molecule has 0 spiro atoms. The molecule has 1 N–H and O–H groups in total. The third-order valence-electron chi connectivity index (χ3n) is 3.70. The lowest BCUT2D eigenvalue weighted by Gasteiger charge is -2.17. The molecule has 2 rings (SSSR count). The molecule has 3 heteroatoms. The summed E-state index contributed by atoms with van der Waals surface area (Å²) >= 11 is 0. The first-order valence-electron chi connectivity index (χ1n) is 6.98. The predicted molar refractivity (Wildman–Crippen MR) is 82.9 cm³/mol. The molecule has 110 valence electrons. The van der Waals surface area contributed by atoms with Crippen molar-refractivity contribution in [2.24, 2.45) is 0 Å². The maximum atomic E-state index is 11.4. The minimum atomic E-state index is -0.948. The van der Waals surface area contributed by atoms with Crippen LogP contribution in [0, 0.1) is 20.8 Å². The van der Waals surface area contributed by atoms with Gasteiger partial charge in [-0.2, -0.15) is 0 Å². The zero-order chi connectivity index (χ0) is 15.4. The minimum absolute atomic E-state index is 0.356. The Morgan fingerprint density at radius 1 is 1.05 bits per heavy atom. The Bertz CT molecular complexity index is 647. The summed E-state index contributed by atoms with van der Waals surface area (Å²) in [5.74, 6) is -0.351. The molecule has 0 aliphatic carbocycles. The second-order valence-electron chi connectivity index (χ2n) is 5.32. The normalized spacial score (nSPS) is 12.0. The highest BCUT2D eigenvalue weighted by Gasteiger charge is 2.21. The Labute approximate surface area is 125 Å². The maximum Gasteiger partial charge on any atom is 0.345 e. The summed E-state index contributed by atoms with van der Waals surface area (Å²) in [5, 5.41) is 9.39. The van der Waals surface area contributed by atoms with Crippen LogP contribution in [-0.2, 0) is 11.2 Å². The van der Waals surface area contributed by atoms with Gasteiger partial charge in [0.25, 0.3) is 0 Å². The lowest BCUT2D eigenvalue weighted by atomic mass is 10.0. The van der Waals surface area contributed by atoms with Crippen LogP contribution in [0.25, 0.3) is 0 Å². The molecule has 0 aliphatic heterocycles. The van der Waals surface area contributed by atoms with E-state index in [0.717, 1.165) is 22.3 Å². The van der Waals surface area contributed by atoms with Crippen molar-refractivity contribution in [3.8, 4) is 5.75 Å². The fourth-order valence-electron chi connectivity index (χ4n) is 2.17. The number of carboxylic acids is 1. The van der Waals surface area contributed by atoms with Gasteiger partial charge in [-0.05, 0) is 55.2 Å². The van der Waals surface area contributed by atoms with Crippen LogP contribution in [0.15, 0.2) is 42.5 Å². The number of carbonyl (C=O) groups is 1. The molecule has 0 saturated heterocycles. The van der Waals surface area contributed by atoms with E-state index in [-0.39, 0.29) is 0 Å². The van der Waals surface area contributed by atoms with Crippen molar-refractivity contribution in [3.05, 3.63) is 64.7 Å². The molecule has 0 aromatic heterocycles. The Morgan fingerprint density at radius 3 is 2.38 bits per heavy atom. The highest BCUT2D eigenvalue weighted by atomic mass is 16.5. The average Bonchev–Trinajstić information content (AvgIpc) is 2.44. The van der Waals surface area contributed by atoms with E-state index in [1.807, 2.05) is 63.2 Å². The van der Waals surface area contributed by atoms with E-state index in [0.29, 0.717) is 12.2 Å². The molecule has 0 heterocycles. The van der Waals surface area contributed by atoms with Gasteiger partial charge < -0.3 is 9.84 Å². The van der Waals surface area contributed by atoms with Gasteiger partial charge in [-0.15, -0.1) is 0 Å². The summed E-state index contributed by atoms with van der Waals surface area (Å²) in [7, 11) is 0. The van der Waals surface area contributed by atoms with Crippen LogP contribution < -0.4 is 4.74 Å². The molecule has 21 heavy (non-hydrogen) atoms. The summed E-state index contributed by atoms with van der Waals surface area (Å²) in [5.41, 5.74) is 4.32. The van der Waals surface area contributed by atoms with Gasteiger partial charge in [0.2, 0.25) is 0 Å². The van der Waals surface area contributed by atoms with E-state index in [1.54, 1.807) is 0 Å². The van der Waals surface area contributed by atoms with Crippen molar-refractivity contribution in [2.75, 3.05) is 0 Å². The molecular weight excluding hydrogens is 264 g/mol. The first kappa shape index (κ1) is 15.1. The van der Waals surface area contributed by atoms with E-state index >= 15 is 0 Å². The first-order chi connectivity index (χ1) is 9.97. The van der Waals surface area contributed by atoms with E-state index in [2.05, 4.69) is 0 Å². The fourth-order valence-corrected chi connectivity index (χ4v) is 2.17. The molecule has 2 aromatic rings. The molecule has 1 atom stereocenters. The third kappa shape index (κ3) is 3.85. The largest absolute Gasteiger partial charge is 0.478 e. The molecule has 0 bridgehead atoms. The summed E-state index contributed by atoms with van der Waals surface area (Å²) < 4.78 is 5.67. The van der Waals surface area contributed by atoms with E-state index in [1.165, 1.54) is 0 Å². The number of aliphatic carboxylic acids is 1. The van der Waals surface area contributed by atoms with Crippen molar-refractivity contribution in [1.82, 2.24) is 0 Å². The topological polar surface area (TPSA) is 46.5 Å². The van der Waals surface area contributed by atoms with Gasteiger partial charge in [-0.3, -0.25) is 0 Å². The molecule has 0 amide bonds. The quantitative estimate of drug-likeness (QED) is 0.911. The van der Waals surface area contributed by atoms with Crippen LogP contribution >= 0.6 is 0 Å². The first-order valence-corrected chi connectivity index (χ1v) is 6.98. The van der Waals surface area contributed by atoms with Crippen LogP contribution in [0.2, 0.25) is 0 Å². The van der Waals surface area contributed by atoms with Crippen molar-refractivity contribution in [2.45, 2.75) is 33.3 Å². The van der Waals surface area contributed by atoms with Crippen molar-refractivity contribution in [3.63, 3.8) is 0 Å². The third-order valence-corrected chi connectivity index (χ3v) is 3.70. The van der Waals surface area contributed by atoms with Crippen LogP contribution in [0.3, 0.4) is 0 Å². The number of hydrogen-bond donors (Lipinski definition) is 1. The second kappa shape index (κ2) is 6.44. The summed E-state index contributed by atoms with van der Waals surface area (Å²) in [6.45, 7) is 5.98. The lowest BCUT2D eigenvalue weighted by Crippen LogP contribution is -2.29. The highest BCUT2D eigenvalue weighted by molar-refractivity contribution is 5.73. The summed E-state index contributed by atoms with van der Waals surface area (Å²) in [6.07, 6.45) is -0.525. The minimum Gasteiger partial charge on any atom is -0.478 e. The second-order valence-corrected chi connectivity index (χ2v) is 5.32. The fraction of sp³-hybridized carbons (Fsp3) is 0.278. The number of aryl methyl sites for hydroxylation is 3. The standard InChI is InChI=1S/C18H20O3/c1-12-8-9-16(10-14(12)3)21-17(18(19)20)11-15-7-5-4-6-13(15)2/h4-10,17H,11H2,1-3H3,(H,19,20)/t17-/m0/s1. The number of hydrogen-bond acceptors (Lipinski definition) is 2. The molecule has 3 nitrogen and oxygen atoms in total. The van der Waals surface area contributed by atoms with Crippen LogP contribution in [0.4, 0.5) is 0 Å². The maximum absolute atomic E-state index is 11.4. The lowest BCUT2D eigenvalue weighted by molar-refractivity contribution is -0.145. The zero-order valence-corrected chi connectivity index (χ0v) is 12.6. The van der Waals surface area contributed by atoms with Gasteiger partial charge in [0, 0.05) is 6.42 Å².